The van der Waals surface area contributed by atoms with Crippen molar-refractivity contribution in [1.29, 1.82) is 0 Å². The Bertz CT molecular complexity index is 546. The number of nitrogens with one attached hydrogen (secondary N) is 1. The Morgan fingerprint density at radius 2 is 1.95 bits per heavy atom. The molecule has 0 spiro atoms. The third kappa shape index (κ3) is 5.94. The van der Waals surface area contributed by atoms with Gasteiger partial charge in [0.2, 0.25) is 10.0 Å². The highest BCUT2D eigenvalue weighted by Gasteiger charge is 2.23. The molecule has 0 aliphatic rings. The molecular weight excluding hydrogens is 308 g/mol. The second kappa shape index (κ2) is 8.13. The Hall–Kier alpha value is -0.620. The summed E-state index contributed by atoms with van der Waals surface area (Å²) in [5.74, 6) is 0.147. The number of hydrogen-bond acceptors (Lipinski definition) is 3. The van der Waals surface area contributed by atoms with E-state index < -0.39 is 10.0 Å². The van der Waals surface area contributed by atoms with Crippen LogP contribution in [0.25, 0.3) is 0 Å². The van der Waals surface area contributed by atoms with Gasteiger partial charge in [-0.25, -0.2) is 8.42 Å². The fourth-order valence-electron chi connectivity index (χ4n) is 2.01. The molecule has 1 aromatic carbocycles. The molecule has 4 nitrogen and oxygen atoms in total. The predicted molar refractivity (Wildman–Crippen MR) is 89.2 cm³/mol. The molecule has 1 aromatic rings. The van der Waals surface area contributed by atoms with Crippen LogP contribution in [0.15, 0.2) is 24.3 Å². The standard InChI is InChI=1S/C15H25ClN2O2S/c1-12(2)17-9-6-10-21(19,20)18(4)13(3)14-7-5-8-15(16)11-14/h5,7-8,11-13,17H,6,9-10H2,1-4H3. The summed E-state index contributed by atoms with van der Waals surface area (Å²) < 4.78 is 26.1. The highest BCUT2D eigenvalue weighted by Crippen LogP contribution is 2.24. The van der Waals surface area contributed by atoms with E-state index in [1.807, 2.05) is 32.9 Å². The molecule has 0 amide bonds. The minimum atomic E-state index is -3.27. The Kier molecular flexibility index (Phi) is 7.13. The molecule has 0 aliphatic carbocycles. The zero-order chi connectivity index (χ0) is 16.0. The van der Waals surface area contributed by atoms with Crippen molar-refractivity contribution >= 4 is 21.6 Å². The van der Waals surface area contributed by atoms with Crippen molar-refractivity contribution in [2.24, 2.45) is 0 Å². The van der Waals surface area contributed by atoms with Crippen molar-refractivity contribution in [2.45, 2.75) is 39.3 Å². The van der Waals surface area contributed by atoms with Gasteiger partial charge in [0.25, 0.3) is 0 Å². The van der Waals surface area contributed by atoms with Gasteiger partial charge in [0, 0.05) is 24.2 Å². The monoisotopic (exact) mass is 332 g/mol. The van der Waals surface area contributed by atoms with Crippen molar-refractivity contribution in [3.05, 3.63) is 34.9 Å². The lowest BCUT2D eigenvalue weighted by Crippen LogP contribution is -2.33. The molecule has 1 atom stereocenters. The molecule has 0 heterocycles. The average molecular weight is 333 g/mol. The first-order valence-corrected chi connectivity index (χ1v) is 9.17. The van der Waals surface area contributed by atoms with Crippen molar-refractivity contribution < 1.29 is 8.42 Å². The Morgan fingerprint density at radius 3 is 2.52 bits per heavy atom. The third-order valence-electron chi connectivity index (χ3n) is 3.45. The van der Waals surface area contributed by atoms with Gasteiger partial charge in [0.1, 0.15) is 0 Å². The van der Waals surface area contributed by atoms with Crippen molar-refractivity contribution in [1.82, 2.24) is 9.62 Å². The van der Waals surface area contributed by atoms with E-state index in [4.69, 9.17) is 11.6 Å². The summed E-state index contributed by atoms with van der Waals surface area (Å²) in [4.78, 5) is 0. The quantitative estimate of drug-likeness (QED) is 0.744. The van der Waals surface area contributed by atoms with Crippen LogP contribution in [0.1, 0.15) is 38.8 Å². The molecule has 120 valence electrons. The van der Waals surface area contributed by atoms with Crippen molar-refractivity contribution in [2.75, 3.05) is 19.3 Å². The summed E-state index contributed by atoms with van der Waals surface area (Å²) in [5.41, 5.74) is 0.897. The summed E-state index contributed by atoms with van der Waals surface area (Å²) in [6.45, 7) is 6.66. The number of benzene rings is 1. The lowest BCUT2D eigenvalue weighted by molar-refractivity contribution is 0.397. The Labute approximate surface area is 133 Å². The maximum absolute atomic E-state index is 12.3. The van der Waals surface area contributed by atoms with E-state index in [0.29, 0.717) is 24.0 Å². The molecule has 21 heavy (non-hydrogen) atoms. The van der Waals surface area contributed by atoms with Crippen LogP contribution in [-0.4, -0.2) is 38.1 Å². The average Bonchev–Trinajstić information content (AvgIpc) is 2.42. The first kappa shape index (κ1) is 18.4. The van der Waals surface area contributed by atoms with Gasteiger partial charge in [-0.2, -0.15) is 4.31 Å². The smallest absolute Gasteiger partial charge is 0.214 e. The van der Waals surface area contributed by atoms with Crippen molar-refractivity contribution in [3.8, 4) is 0 Å². The van der Waals surface area contributed by atoms with Gasteiger partial charge in [-0.3, -0.25) is 0 Å². The highest BCUT2D eigenvalue weighted by molar-refractivity contribution is 7.89. The number of halogens is 1. The molecule has 0 fully saturated rings. The van der Waals surface area contributed by atoms with Gasteiger partial charge in [0.15, 0.2) is 0 Å². The van der Waals surface area contributed by atoms with Crippen LogP contribution in [0.5, 0.6) is 0 Å². The van der Waals surface area contributed by atoms with Crippen LogP contribution in [0.2, 0.25) is 5.02 Å². The van der Waals surface area contributed by atoms with Crippen LogP contribution in [-0.2, 0) is 10.0 Å². The summed E-state index contributed by atoms with van der Waals surface area (Å²) in [6, 6.07) is 7.45. The fourth-order valence-corrected chi connectivity index (χ4v) is 3.61. The normalized spacial score (nSPS) is 13.9. The molecule has 0 aliphatic heterocycles. The summed E-state index contributed by atoms with van der Waals surface area (Å²) in [7, 11) is -1.65. The zero-order valence-corrected chi connectivity index (χ0v) is 14.7. The Balaban J connectivity index is 2.65. The number of sulfonamides is 1. The number of nitrogens with zero attached hydrogens (tertiary/aromatic N) is 1. The SMILES string of the molecule is CC(C)NCCCS(=O)(=O)N(C)C(C)c1cccc(Cl)c1. The lowest BCUT2D eigenvalue weighted by atomic mass is 10.1. The molecule has 0 saturated heterocycles. The van der Waals surface area contributed by atoms with Gasteiger partial charge in [0.05, 0.1) is 5.75 Å². The lowest BCUT2D eigenvalue weighted by Gasteiger charge is -2.25. The summed E-state index contributed by atoms with van der Waals surface area (Å²) in [5, 5.41) is 3.84. The van der Waals surface area contributed by atoms with Crippen LogP contribution in [0.3, 0.4) is 0 Å². The van der Waals surface area contributed by atoms with E-state index >= 15 is 0 Å². The summed E-state index contributed by atoms with van der Waals surface area (Å²) >= 11 is 5.96. The fraction of sp³-hybridized carbons (Fsp3) is 0.600. The van der Waals surface area contributed by atoms with Crippen LogP contribution in [0, 0.1) is 0 Å². The van der Waals surface area contributed by atoms with Crippen LogP contribution < -0.4 is 5.32 Å². The van der Waals surface area contributed by atoms with E-state index in [9.17, 15) is 8.42 Å². The van der Waals surface area contributed by atoms with E-state index in [1.165, 1.54) is 4.31 Å². The second-order valence-corrected chi connectivity index (χ2v) is 8.11. The molecule has 1 N–H and O–H groups in total. The van der Waals surface area contributed by atoms with Gasteiger partial charge in [-0.05, 0) is 37.6 Å². The van der Waals surface area contributed by atoms with Crippen LogP contribution in [0.4, 0.5) is 0 Å². The minimum absolute atomic E-state index is 0.147. The van der Waals surface area contributed by atoms with E-state index in [-0.39, 0.29) is 11.8 Å². The van der Waals surface area contributed by atoms with Gasteiger partial charge < -0.3 is 5.32 Å². The predicted octanol–water partition coefficient (Wildman–Crippen LogP) is 3.05. The number of rotatable bonds is 8. The van der Waals surface area contributed by atoms with E-state index in [2.05, 4.69) is 5.32 Å². The van der Waals surface area contributed by atoms with Gasteiger partial charge >= 0.3 is 0 Å². The van der Waals surface area contributed by atoms with Gasteiger partial charge in [-0.1, -0.05) is 37.6 Å². The third-order valence-corrected chi connectivity index (χ3v) is 5.68. The van der Waals surface area contributed by atoms with E-state index in [0.717, 1.165) is 5.56 Å². The first-order valence-electron chi connectivity index (χ1n) is 7.18. The molecule has 6 heteroatoms. The topological polar surface area (TPSA) is 49.4 Å². The van der Waals surface area contributed by atoms with Crippen molar-refractivity contribution in [3.63, 3.8) is 0 Å². The summed E-state index contributed by atoms with van der Waals surface area (Å²) in [6.07, 6.45) is 0.604. The first-order chi connectivity index (χ1) is 9.74. The largest absolute Gasteiger partial charge is 0.314 e. The molecule has 1 unspecified atom stereocenters. The minimum Gasteiger partial charge on any atom is -0.314 e. The molecule has 1 rings (SSSR count). The molecule has 0 bridgehead atoms. The van der Waals surface area contributed by atoms with Crippen LogP contribution >= 0.6 is 11.6 Å². The molecular formula is C15H25ClN2O2S. The maximum Gasteiger partial charge on any atom is 0.214 e. The molecule has 0 radical (unpaired) electrons. The molecule has 0 saturated carbocycles. The van der Waals surface area contributed by atoms with E-state index in [1.54, 1.807) is 19.2 Å². The second-order valence-electron chi connectivity index (χ2n) is 5.53. The Morgan fingerprint density at radius 1 is 1.29 bits per heavy atom. The zero-order valence-electron chi connectivity index (χ0n) is 13.1. The van der Waals surface area contributed by atoms with Gasteiger partial charge in [-0.15, -0.1) is 0 Å². The maximum atomic E-state index is 12.3. The molecule has 0 aromatic heterocycles. The highest BCUT2D eigenvalue weighted by atomic mass is 35.5. The number of hydrogen-bond donors (Lipinski definition) is 1.